The van der Waals surface area contributed by atoms with E-state index in [0.29, 0.717) is 31.8 Å². The Labute approximate surface area is 132 Å². The van der Waals surface area contributed by atoms with E-state index in [2.05, 4.69) is 9.78 Å². The second kappa shape index (κ2) is 22.0. The van der Waals surface area contributed by atoms with E-state index in [1.54, 1.807) is 0 Å². The minimum Gasteiger partial charge on any atom is -0.424 e. The summed E-state index contributed by atoms with van der Waals surface area (Å²) in [4.78, 5) is 20.3. The van der Waals surface area contributed by atoms with Crippen LogP contribution in [0, 0.1) is 0 Å². The summed E-state index contributed by atoms with van der Waals surface area (Å²) in [6, 6.07) is 1.19. The molecule has 21 heavy (non-hydrogen) atoms. The zero-order chi connectivity index (χ0) is 16.2. The highest BCUT2D eigenvalue weighted by Gasteiger charge is 2.01. The molecule has 6 heteroatoms. The molecule has 128 valence electrons. The molecule has 0 saturated carbocycles. The number of Topliss-reactive ketones (excluding diaryl/α,β-unsaturated/α-hetero) is 1. The maximum Gasteiger partial charge on any atom is 0.161 e. The van der Waals surface area contributed by atoms with Gasteiger partial charge in [0.15, 0.2) is 9.76 Å². The lowest BCUT2D eigenvalue weighted by molar-refractivity contribution is -0.287. The molecule has 0 aromatic rings. The van der Waals surface area contributed by atoms with Gasteiger partial charge in [0.2, 0.25) is 0 Å². The van der Waals surface area contributed by atoms with E-state index in [9.17, 15) is 4.79 Å². The van der Waals surface area contributed by atoms with Crippen LogP contribution in [0.25, 0.3) is 0 Å². The summed E-state index contributed by atoms with van der Waals surface area (Å²) >= 11 is 0. The fraction of sp³-hybridized carbons (Fsp3) is 0.933. The summed E-state index contributed by atoms with van der Waals surface area (Å²) in [6.45, 7) is 8.10. The molecule has 0 aromatic carbocycles. The van der Waals surface area contributed by atoms with Gasteiger partial charge in [0.05, 0.1) is 13.2 Å². The van der Waals surface area contributed by atoms with Gasteiger partial charge >= 0.3 is 0 Å². The standard InChI is InChI=1S/C11H24O3Si.C4H10O2/c1-2-14-15-10-6-4-8-11(13)7-3-5-9-12;1-3-5-6-4-2/h12H,2-10,15H2,1H3;3-4H2,1-2H3. The van der Waals surface area contributed by atoms with Crippen LogP contribution in [0.3, 0.4) is 0 Å². The van der Waals surface area contributed by atoms with Gasteiger partial charge in [-0.1, -0.05) is 6.42 Å². The third-order valence-corrected chi connectivity index (χ3v) is 4.12. The molecule has 0 aliphatic heterocycles. The van der Waals surface area contributed by atoms with Gasteiger partial charge in [0.25, 0.3) is 0 Å². The summed E-state index contributed by atoms with van der Waals surface area (Å²) in [7, 11) is -0.298. The summed E-state index contributed by atoms with van der Waals surface area (Å²) < 4.78 is 5.35. The number of hydrogen-bond acceptors (Lipinski definition) is 5. The third kappa shape index (κ3) is 25.1. The minimum absolute atomic E-state index is 0.202. The summed E-state index contributed by atoms with van der Waals surface area (Å²) in [5, 5.41) is 8.56. The zero-order valence-electron chi connectivity index (χ0n) is 14.1. The molecule has 0 rings (SSSR count). The van der Waals surface area contributed by atoms with E-state index < -0.39 is 0 Å². The molecule has 0 amide bonds. The first-order chi connectivity index (χ1) is 10.2. The van der Waals surface area contributed by atoms with Crippen molar-refractivity contribution >= 4 is 15.5 Å². The number of aliphatic hydroxyl groups excluding tert-OH is 1. The Balaban J connectivity index is 0. The predicted octanol–water partition coefficient (Wildman–Crippen LogP) is 2.40. The van der Waals surface area contributed by atoms with Crippen molar-refractivity contribution in [1.29, 1.82) is 0 Å². The molecule has 0 heterocycles. The molecule has 0 aliphatic carbocycles. The van der Waals surface area contributed by atoms with Crippen LogP contribution in [0.5, 0.6) is 0 Å². The van der Waals surface area contributed by atoms with Crippen molar-refractivity contribution in [2.24, 2.45) is 0 Å². The quantitative estimate of drug-likeness (QED) is 0.230. The second-order valence-electron chi connectivity index (χ2n) is 4.54. The molecule has 0 aromatic heterocycles. The van der Waals surface area contributed by atoms with Gasteiger partial charge in [-0.25, -0.2) is 9.78 Å². The molecule has 0 aliphatic rings. The fourth-order valence-electron chi connectivity index (χ4n) is 1.57. The number of unbranched alkanes of at least 4 members (excludes halogenated alkanes) is 2. The summed E-state index contributed by atoms with van der Waals surface area (Å²) in [5.41, 5.74) is 0. The summed E-state index contributed by atoms with van der Waals surface area (Å²) in [5.74, 6) is 0.349. The van der Waals surface area contributed by atoms with Gasteiger partial charge in [0.1, 0.15) is 5.78 Å². The lowest BCUT2D eigenvalue weighted by Gasteiger charge is -2.01. The van der Waals surface area contributed by atoms with Gasteiger partial charge in [-0.3, -0.25) is 4.79 Å². The van der Waals surface area contributed by atoms with Crippen molar-refractivity contribution in [3.8, 4) is 0 Å². The molecule has 0 unspecified atom stereocenters. The van der Waals surface area contributed by atoms with Gasteiger partial charge < -0.3 is 9.53 Å². The molecule has 0 atom stereocenters. The van der Waals surface area contributed by atoms with Gasteiger partial charge in [-0.2, -0.15) is 0 Å². The van der Waals surface area contributed by atoms with Crippen LogP contribution in [-0.2, 0) is 19.0 Å². The van der Waals surface area contributed by atoms with Crippen molar-refractivity contribution in [3.63, 3.8) is 0 Å². The Morgan fingerprint density at radius 3 is 1.95 bits per heavy atom. The molecule has 0 radical (unpaired) electrons. The zero-order valence-corrected chi connectivity index (χ0v) is 15.5. The van der Waals surface area contributed by atoms with E-state index in [-0.39, 0.29) is 16.4 Å². The van der Waals surface area contributed by atoms with Gasteiger partial charge in [-0.15, -0.1) is 0 Å². The van der Waals surface area contributed by atoms with Crippen LogP contribution in [0.15, 0.2) is 0 Å². The smallest absolute Gasteiger partial charge is 0.161 e. The van der Waals surface area contributed by atoms with Crippen molar-refractivity contribution in [2.75, 3.05) is 26.4 Å². The van der Waals surface area contributed by atoms with Crippen LogP contribution >= 0.6 is 0 Å². The van der Waals surface area contributed by atoms with Gasteiger partial charge in [-0.05, 0) is 46.1 Å². The number of aliphatic hydroxyl groups is 1. The molecule has 1 N–H and O–H groups in total. The molecule has 0 fully saturated rings. The van der Waals surface area contributed by atoms with E-state index in [0.717, 1.165) is 32.3 Å². The lowest BCUT2D eigenvalue weighted by Crippen LogP contribution is -2.00. The van der Waals surface area contributed by atoms with Crippen LogP contribution in [-0.4, -0.2) is 47.1 Å². The first kappa shape index (κ1) is 23.0. The SMILES string of the molecule is CCOOCC.CCO[SiH2]CCCCC(=O)CCCCO. The Bertz CT molecular complexity index is 199. The highest BCUT2D eigenvalue weighted by atomic mass is 28.2. The van der Waals surface area contributed by atoms with E-state index in [4.69, 9.17) is 9.53 Å². The molecular formula is C15H34O5Si. The topological polar surface area (TPSA) is 65.0 Å². The summed E-state index contributed by atoms with van der Waals surface area (Å²) in [6.07, 6.45) is 5.09. The Morgan fingerprint density at radius 2 is 1.48 bits per heavy atom. The highest BCUT2D eigenvalue weighted by molar-refractivity contribution is 6.26. The Hall–Kier alpha value is -0.273. The molecule has 5 nitrogen and oxygen atoms in total. The number of rotatable bonds is 14. The van der Waals surface area contributed by atoms with E-state index in [1.165, 1.54) is 6.04 Å². The number of hydrogen-bond donors (Lipinski definition) is 1. The highest BCUT2D eigenvalue weighted by Crippen LogP contribution is 2.05. The van der Waals surface area contributed by atoms with E-state index in [1.807, 2.05) is 20.8 Å². The average molecular weight is 323 g/mol. The van der Waals surface area contributed by atoms with Crippen LogP contribution in [0.4, 0.5) is 0 Å². The monoisotopic (exact) mass is 322 g/mol. The van der Waals surface area contributed by atoms with Crippen molar-refractivity contribution < 1.29 is 24.1 Å². The number of ketones is 1. The average Bonchev–Trinajstić information content (AvgIpc) is 2.49. The minimum atomic E-state index is -0.298. The van der Waals surface area contributed by atoms with Crippen LogP contribution < -0.4 is 0 Å². The molecule has 0 saturated heterocycles. The molecule has 0 bridgehead atoms. The Kier molecular flexibility index (Phi) is 24.1. The maximum absolute atomic E-state index is 11.3. The first-order valence-electron chi connectivity index (χ1n) is 8.17. The normalized spacial score (nSPS) is 10.7. The van der Waals surface area contributed by atoms with Gasteiger partial charge in [0, 0.05) is 26.1 Å². The van der Waals surface area contributed by atoms with Crippen molar-refractivity contribution in [3.05, 3.63) is 0 Å². The second-order valence-corrected chi connectivity index (χ2v) is 6.06. The largest absolute Gasteiger partial charge is 0.424 e. The third-order valence-electron chi connectivity index (χ3n) is 2.63. The molecular weight excluding hydrogens is 288 g/mol. The number of carbonyl (C=O) groups is 1. The fourth-order valence-corrected chi connectivity index (χ4v) is 2.62. The molecule has 0 spiro atoms. The van der Waals surface area contributed by atoms with E-state index >= 15 is 0 Å². The van der Waals surface area contributed by atoms with Crippen molar-refractivity contribution in [2.45, 2.75) is 65.3 Å². The lowest BCUT2D eigenvalue weighted by atomic mass is 10.1. The number of carbonyl (C=O) groups excluding carboxylic acids is 1. The predicted molar refractivity (Wildman–Crippen MR) is 88.0 cm³/mol. The maximum atomic E-state index is 11.3. The first-order valence-corrected chi connectivity index (χ1v) is 9.75. The van der Waals surface area contributed by atoms with Crippen LogP contribution in [0.1, 0.15) is 59.3 Å². The Morgan fingerprint density at radius 1 is 0.905 bits per heavy atom. The van der Waals surface area contributed by atoms with Crippen molar-refractivity contribution in [1.82, 2.24) is 0 Å². The van der Waals surface area contributed by atoms with Crippen LogP contribution in [0.2, 0.25) is 6.04 Å².